The summed E-state index contributed by atoms with van der Waals surface area (Å²) in [7, 11) is 0. The average molecular weight is 424 g/mol. The molecule has 6 rings (SSSR count). The van der Waals surface area contributed by atoms with Gasteiger partial charge in [-0.1, -0.05) is 82.7 Å². The number of aliphatic imine (C=N–C) groups is 1. The van der Waals surface area contributed by atoms with Crippen LogP contribution < -0.4 is 0 Å². The number of hydrogen-bond donors (Lipinski definition) is 0. The Morgan fingerprint density at radius 2 is 1.75 bits per heavy atom. The van der Waals surface area contributed by atoms with Gasteiger partial charge in [0, 0.05) is 44.3 Å². The van der Waals surface area contributed by atoms with E-state index in [0.29, 0.717) is 17.8 Å². The van der Waals surface area contributed by atoms with Gasteiger partial charge in [0.25, 0.3) is 0 Å². The fourth-order valence-corrected chi connectivity index (χ4v) is 5.47. The quantitative estimate of drug-likeness (QED) is 0.408. The molecule has 0 N–H and O–H groups in total. The zero-order valence-electron chi connectivity index (χ0n) is 15.3. The number of nitrogens with zero attached hydrogens (tertiary/aromatic N) is 1. The van der Waals surface area contributed by atoms with E-state index < -0.39 is 0 Å². The van der Waals surface area contributed by atoms with E-state index in [-0.39, 0.29) is 5.92 Å². The van der Waals surface area contributed by atoms with Crippen molar-refractivity contribution >= 4 is 38.1 Å². The van der Waals surface area contributed by atoms with Crippen molar-refractivity contribution in [2.45, 2.75) is 12.3 Å². The molecule has 1 saturated carbocycles. The molecule has 0 amide bonds. The first-order chi connectivity index (χ1) is 13.8. The van der Waals surface area contributed by atoms with E-state index in [1.54, 1.807) is 0 Å². The topological polar surface area (TPSA) is 12.4 Å². The van der Waals surface area contributed by atoms with Crippen LogP contribution in [0.2, 0.25) is 0 Å². The van der Waals surface area contributed by atoms with Crippen molar-refractivity contribution in [3.05, 3.63) is 101 Å². The summed E-state index contributed by atoms with van der Waals surface area (Å²) in [6.07, 6.45) is 10.2. The second kappa shape index (κ2) is 6.19. The molecule has 1 heterocycles. The van der Waals surface area contributed by atoms with Crippen LogP contribution in [0.5, 0.6) is 0 Å². The maximum Gasteiger partial charge on any atom is 0.0836 e. The Labute approximate surface area is 173 Å². The molecule has 1 nitrogen and oxygen atoms in total. The van der Waals surface area contributed by atoms with Crippen molar-refractivity contribution in [1.29, 1.82) is 0 Å². The monoisotopic (exact) mass is 423 g/mol. The molecule has 3 aromatic carbocycles. The summed E-state index contributed by atoms with van der Waals surface area (Å²) in [4.78, 5) is 5.28. The van der Waals surface area contributed by atoms with Crippen LogP contribution in [0.15, 0.2) is 82.3 Å². The summed E-state index contributed by atoms with van der Waals surface area (Å²) >= 11 is 3.58. The Bertz CT molecular complexity index is 1170. The smallest absolute Gasteiger partial charge is 0.0836 e. The lowest BCUT2D eigenvalue weighted by molar-refractivity contribution is 0.512. The standard InChI is InChI=1S/C26H18BrN/c27-19-12-9-17(10-13-19)24-22-14-11-16-5-1-3-7-20(16)25(22)28-26-21-8-4-2-6-18(21)15-23(24)26/h1-10,12-13,18,21,23-24H,15H2. The summed E-state index contributed by atoms with van der Waals surface area (Å²) in [5.74, 6) is 1.67. The number of halogens is 1. The maximum absolute atomic E-state index is 5.28. The number of rotatable bonds is 1. The molecule has 28 heavy (non-hydrogen) atoms. The van der Waals surface area contributed by atoms with Crippen LogP contribution in [-0.4, -0.2) is 5.71 Å². The normalized spacial score (nSPS) is 27.0. The third-order valence-corrected chi connectivity index (χ3v) is 6.98. The van der Waals surface area contributed by atoms with Crippen molar-refractivity contribution in [3.63, 3.8) is 0 Å². The summed E-state index contributed by atoms with van der Waals surface area (Å²) < 4.78 is 1.11. The lowest BCUT2D eigenvalue weighted by atomic mass is 9.76. The maximum atomic E-state index is 5.28. The minimum absolute atomic E-state index is 0.281. The highest BCUT2D eigenvalue weighted by Crippen LogP contribution is 2.53. The molecule has 134 valence electrons. The molecule has 1 fully saturated rings. The Balaban J connectivity index is 1.62. The minimum atomic E-state index is 0.281. The number of hydrogen-bond acceptors (Lipinski definition) is 1. The molecule has 0 radical (unpaired) electrons. The molecule has 4 atom stereocenters. The zero-order chi connectivity index (χ0) is 18.7. The van der Waals surface area contributed by atoms with E-state index in [0.717, 1.165) is 22.0 Å². The van der Waals surface area contributed by atoms with Crippen molar-refractivity contribution in [1.82, 2.24) is 0 Å². The molecular weight excluding hydrogens is 406 g/mol. The van der Waals surface area contributed by atoms with Crippen molar-refractivity contribution in [3.8, 4) is 0 Å². The first kappa shape index (κ1) is 16.3. The van der Waals surface area contributed by atoms with E-state index in [9.17, 15) is 0 Å². The van der Waals surface area contributed by atoms with Crippen LogP contribution >= 0.6 is 15.9 Å². The Kier molecular flexibility index (Phi) is 3.61. The van der Waals surface area contributed by atoms with Gasteiger partial charge in [0.05, 0.1) is 5.69 Å². The van der Waals surface area contributed by atoms with Gasteiger partial charge in [-0.3, -0.25) is 4.99 Å². The predicted molar refractivity (Wildman–Crippen MR) is 118 cm³/mol. The summed E-state index contributed by atoms with van der Waals surface area (Å²) in [6, 6.07) is 24.1. The van der Waals surface area contributed by atoms with Gasteiger partial charge in [-0.25, -0.2) is 0 Å². The molecule has 0 aromatic heterocycles. The van der Waals surface area contributed by atoms with Gasteiger partial charge in [0.2, 0.25) is 0 Å². The molecule has 1 aliphatic heterocycles. The lowest BCUT2D eigenvalue weighted by Gasteiger charge is -2.30. The van der Waals surface area contributed by atoms with Crippen LogP contribution in [0.1, 0.15) is 23.5 Å². The molecule has 0 bridgehead atoms. The van der Waals surface area contributed by atoms with Crippen molar-refractivity contribution in [2.24, 2.45) is 22.7 Å². The lowest BCUT2D eigenvalue weighted by Crippen LogP contribution is -2.25. The van der Waals surface area contributed by atoms with Crippen LogP contribution in [0, 0.1) is 29.9 Å². The van der Waals surface area contributed by atoms with Crippen LogP contribution in [0.25, 0.3) is 10.8 Å². The predicted octanol–water partition coefficient (Wildman–Crippen LogP) is 6.80. The summed E-state index contributed by atoms with van der Waals surface area (Å²) in [5, 5.41) is 2.27. The van der Waals surface area contributed by atoms with E-state index in [4.69, 9.17) is 4.99 Å². The summed E-state index contributed by atoms with van der Waals surface area (Å²) in [5.41, 5.74) is 4.97. The van der Waals surface area contributed by atoms with Gasteiger partial charge in [-0.15, -0.1) is 0 Å². The Hall–Kier alpha value is -2.63. The van der Waals surface area contributed by atoms with Crippen LogP contribution in [-0.2, 0) is 0 Å². The third-order valence-electron chi connectivity index (χ3n) is 6.45. The van der Waals surface area contributed by atoms with Crippen molar-refractivity contribution in [2.75, 3.05) is 0 Å². The van der Waals surface area contributed by atoms with E-state index in [1.165, 1.54) is 22.2 Å². The highest BCUT2D eigenvalue weighted by Gasteiger charge is 2.46. The van der Waals surface area contributed by atoms with Gasteiger partial charge in [-0.2, -0.15) is 0 Å². The second-order valence-corrected chi connectivity index (χ2v) is 8.84. The van der Waals surface area contributed by atoms with Gasteiger partial charge in [-0.05, 0) is 36.1 Å². The largest absolute Gasteiger partial charge is 0.255 e. The SMILES string of the molecule is Brc1ccc(C2c3c#cc4ccccc4c3N=C3C4C=CC=CC4CC32)cc1. The third kappa shape index (κ3) is 2.36. The molecule has 3 aliphatic rings. The fourth-order valence-electron chi connectivity index (χ4n) is 5.20. The first-order valence-corrected chi connectivity index (χ1v) is 10.6. The molecule has 0 spiro atoms. The van der Waals surface area contributed by atoms with E-state index >= 15 is 0 Å². The Morgan fingerprint density at radius 1 is 0.929 bits per heavy atom. The average Bonchev–Trinajstić information content (AvgIpc) is 3.11. The van der Waals surface area contributed by atoms with Gasteiger partial charge < -0.3 is 0 Å². The highest BCUT2D eigenvalue weighted by molar-refractivity contribution is 9.10. The molecule has 2 heteroatoms. The minimum Gasteiger partial charge on any atom is -0.255 e. The van der Waals surface area contributed by atoms with Gasteiger partial charge in [0.1, 0.15) is 0 Å². The summed E-state index contributed by atoms with van der Waals surface area (Å²) in [6.45, 7) is 0. The fraction of sp³-hybridized carbons (Fsp3) is 0.192. The van der Waals surface area contributed by atoms with E-state index in [1.807, 2.05) is 0 Å². The zero-order valence-corrected chi connectivity index (χ0v) is 16.9. The van der Waals surface area contributed by atoms with Crippen molar-refractivity contribution < 1.29 is 0 Å². The molecule has 2 aliphatic carbocycles. The first-order valence-electron chi connectivity index (χ1n) is 9.84. The highest BCUT2D eigenvalue weighted by atomic mass is 79.9. The number of fused-ring (bicyclic) bond motifs is 6. The number of benzene rings is 2. The molecule has 0 saturated heterocycles. The van der Waals surface area contributed by atoms with Gasteiger partial charge in [0.15, 0.2) is 0 Å². The molecule has 4 unspecified atom stereocenters. The van der Waals surface area contributed by atoms with Gasteiger partial charge >= 0.3 is 0 Å². The molecular formula is C26H18BrN. The molecule has 3 aromatic rings. The Morgan fingerprint density at radius 3 is 2.64 bits per heavy atom. The van der Waals surface area contributed by atoms with Crippen LogP contribution in [0.3, 0.4) is 0 Å². The van der Waals surface area contributed by atoms with E-state index in [2.05, 4.69) is 101 Å². The number of allylic oxidation sites excluding steroid dienone is 4. The second-order valence-electron chi connectivity index (χ2n) is 7.93. The van der Waals surface area contributed by atoms with Crippen LogP contribution in [0.4, 0.5) is 5.69 Å².